The molecule has 1 heterocycles. The van der Waals surface area contributed by atoms with Gasteiger partial charge in [0.2, 0.25) is 5.91 Å². The van der Waals surface area contributed by atoms with Gasteiger partial charge in [-0.2, -0.15) is 0 Å². The molecule has 1 saturated heterocycles. The molecule has 18 heavy (non-hydrogen) atoms. The molecule has 0 spiro atoms. The first-order valence-corrected chi connectivity index (χ1v) is 6.91. The summed E-state index contributed by atoms with van der Waals surface area (Å²) < 4.78 is 0. The standard InChI is InChI=1S/C13H25N3O2/c1-16-7-4-11(8-16)15-12(18)10-2-5-13(14,9-17)6-3-10/h10-11,17H,2-9,14H2,1H3,(H,15,18). The monoisotopic (exact) mass is 255 g/mol. The highest BCUT2D eigenvalue weighted by Gasteiger charge is 2.34. The maximum atomic E-state index is 12.1. The second kappa shape index (κ2) is 5.55. The zero-order chi connectivity index (χ0) is 13.2. The number of hydrogen-bond acceptors (Lipinski definition) is 4. The SMILES string of the molecule is CN1CCC(NC(=O)C2CCC(N)(CO)CC2)C1. The predicted molar refractivity (Wildman–Crippen MR) is 70.0 cm³/mol. The number of carbonyl (C=O) groups is 1. The number of likely N-dealkylation sites (tertiary alicyclic amines) is 1. The Balaban J connectivity index is 1.77. The quantitative estimate of drug-likeness (QED) is 0.646. The van der Waals surface area contributed by atoms with Crippen molar-refractivity contribution in [2.45, 2.75) is 43.7 Å². The van der Waals surface area contributed by atoms with Crippen LogP contribution in [0.5, 0.6) is 0 Å². The first kappa shape index (κ1) is 13.8. The van der Waals surface area contributed by atoms with E-state index in [9.17, 15) is 9.90 Å². The topological polar surface area (TPSA) is 78.6 Å². The van der Waals surface area contributed by atoms with Gasteiger partial charge in [-0.25, -0.2) is 0 Å². The molecule has 0 aromatic heterocycles. The van der Waals surface area contributed by atoms with Crippen LogP contribution in [-0.2, 0) is 4.79 Å². The smallest absolute Gasteiger partial charge is 0.223 e. The summed E-state index contributed by atoms with van der Waals surface area (Å²) in [7, 11) is 2.08. The summed E-state index contributed by atoms with van der Waals surface area (Å²) in [6, 6.07) is 0.310. The largest absolute Gasteiger partial charge is 0.394 e. The first-order chi connectivity index (χ1) is 8.52. The number of likely N-dealkylation sites (N-methyl/N-ethyl adjacent to an activating group) is 1. The van der Waals surface area contributed by atoms with Gasteiger partial charge in [-0.1, -0.05) is 0 Å². The van der Waals surface area contributed by atoms with E-state index in [4.69, 9.17) is 5.73 Å². The maximum absolute atomic E-state index is 12.1. The van der Waals surface area contributed by atoms with Crippen LogP contribution in [0, 0.1) is 5.92 Å². The molecule has 1 atom stereocenters. The third-order valence-corrected chi connectivity index (χ3v) is 4.40. The second-order valence-corrected chi connectivity index (χ2v) is 6.05. The van der Waals surface area contributed by atoms with Crippen molar-refractivity contribution >= 4 is 5.91 Å². The third kappa shape index (κ3) is 3.22. The van der Waals surface area contributed by atoms with E-state index in [1.54, 1.807) is 0 Å². The van der Waals surface area contributed by atoms with Gasteiger partial charge in [0.1, 0.15) is 0 Å². The summed E-state index contributed by atoms with van der Waals surface area (Å²) in [5.74, 6) is 0.259. The Labute approximate surface area is 109 Å². The molecule has 0 aromatic carbocycles. The Morgan fingerprint density at radius 1 is 1.44 bits per heavy atom. The fourth-order valence-corrected chi connectivity index (χ4v) is 2.98. The molecule has 104 valence electrons. The molecule has 1 saturated carbocycles. The number of aliphatic hydroxyl groups is 1. The van der Waals surface area contributed by atoms with Crippen LogP contribution in [-0.4, -0.2) is 54.2 Å². The van der Waals surface area contributed by atoms with Crippen molar-refractivity contribution < 1.29 is 9.90 Å². The number of nitrogens with zero attached hydrogens (tertiary/aromatic N) is 1. The van der Waals surface area contributed by atoms with Crippen molar-refractivity contribution in [3.8, 4) is 0 Å². The van der Waals surface area contributed by atoms with Crippen LogP contribution in [0.3, 0.4) is 0 Å². The molecule has 1 aliphatic heterocycles. The van der Waals surface area contributed by atoms with E-state index in [0.717, 1.165) is 45.2 Å². The minimum Gasteiger partial charge on any atom is -0.394 e. The van der Waals surface area contributed by atoms with Gasteiger partial charge < -0.3 is 21.1 Å². The maximum Gasteiger partial charge on any atom is 0.223 e. The van der Waals surface area contributed by atoms with Crippen LogP contribution in [0.15, 0.2) is 0 Å². The fourth-order valence-electron chi connectivity index (χ4n) is 2.98. The van der Waals surface area contributed by atoms with Crippen molar-refractivity contribution in [3.05, 3.63) is 0 Å². The Bertz CT molecular complexity index is 301. The third-order valence-electron chi connectivity index (χ3n) is 4.40. The molecule has 2 fully saturated rings. The van der Waals surface area contributed by atoms with Crippen LogP contribution in [0.4, 0.5) is 0 Å². The van der Waals surface area contributed by atoms with E-state index in [-0.39, 0.29) is 18.4 Å². The van der Waals surface area contributed by atoms with E-state index in [1.165, 1.54) is 0 Å². The lowest BCUT2D eigenvalue weighted by molar-refractivity contribution is -0.127. The normalized spacial score (nSPS) is 37.7. The zero-order valence-corrected chi connectivity index (χ0v) is 11.2. The molecule has 1 amide bonds. The van der Waals surface area contributed by atoms with Gasteiger partial charge >= 0.3 is 0 Å². The number of aliphatic hydroxyl groups excluding tert-OH is 1. The van der Waals surface area contributed by atoms with Gasteiger partial charge in [0.15, 0.2) is 0 Å². The molecule has 0 aromatic rings. The zero-order valence-electron chi connectivity index (χ0n) is 11.2. The number of rotatable bonds is 3. The van der Waals surface area contributed by atoms with E-state index < -0.39 is 5.54 Å². The number of nitrogens with one attached hydrogen (secondary N) is 1. The van der Waals surface area contributed by atoms with Crippen molar-refractivity contribution in [1.29, 1.82) is 0 Å². The van der Waals surface area contributed by atoms with Gasteiger partial charge in [-0.3, -0.25) is 4.79 Å². The minimum absolute atomic E-state index is 0.0226. The van der Waals surface area contributed by atoms with Gasteiger partial charge in [0, 0.05) is 24.0 Å². The molecular formula is C13H25N3O2. The van der Waals surface area contributed by atoms with Crippen LogP contribution in [0.25, 0.3) is 0 Å². The molecule has 2 rings (SSSR count). The van der Waals surface area contributed by atoms with Gasteiger partial charge in [-0.15, -0.1) is 0 Å². The van der Waals surface area contributed by atoms with Gasteiger partial charge in [-0.05, 0) is 45.7 Å². The van der Waals surface area contributed by atoms with Gasteiger partial charge in [0.25, 0.3) is 0 Å². The summed E-state index contributed by atoms with van der Waals surface area (Å²) in [6.07, 6.45) is 4.13. The first-order valence-electron chi connectivity index (χ1n) is 6.91. The molecule has 5 nitrogen and oxygen atoms in total. The van der Waals surface area contributed by atoms with Crippen molar-refractivity contribution in [3.63, 3.8) is 0 Å². The molecule has 2 aliphatic rings. The van der Waals surface area contributed by atoms with E-state index >= 15 is 0 Å². The summed E-state index contributed by atoms with van der Waals surface area (Å²) in [5.41, 5.74) is 5.56. The predicted octanol–water partition coefficient (Wildman–Crippen LogP) is -0.313. The van der Waals surface area contributed by atoms with Crippen molar-refractivity contribution in [2.75, 3.05) is 26.7 Å². The number of amides is 1. The average Bonchev–Trinajstić information content (AvgIpc) is 2.75. The summed E-state index contributed by atoms with van der Waals surface area (Å²) in [4.78, 5) is 14.4. The molecule has 0 radical (unpaired) electrons. The lowest BCUT2D eigenvalue weighted by atomic mass is 9.77. The molecular weight excluding hydrogens is 230 g/mol. The number of nitrogens with two attached hydrogens (primary N) is 1. The Kier molecular flexibility index (Phi) is 4.25. The van der Waals surface area contributed by atoms with E-state index in [1.807, 2.05) is 0 Å². The fraction of sp³-hybridized carbons (Fsp3) is 0.923. The summed E-state index contributed by atoms with van der Waals surface area (Å²) in [5, 5.41) is 12.3. The molecule has 1 unspecified atom stereocenters. The number of hydrogen-bond donors (Lipinski definition) is 3. The Morgan fingerprint density at radius 3 is 2.61 bits per heavy atom. The Morgan fingerprint density at radius 2 is 2.11 bits per heavy atom. The van der Waals surface area contributed by atoms with Crippen molar-refractivity contribution in [1.82, 2.24) is 10.2 Å². The van der Waals surface area contributed by atoms with E-state index in [2.05, 4.69) is 17.3 Å². The lowest BCUT2D eigenvalue weighted by Crippen LogP contribution is -2.49. The van der Waals surface area contributed by atoms with Gasteiger partial charge in [0.05, 0.1) is 6.61 Å². The van der Waals surface area contributed by atoms with Crippen LogP contribution in [0.2, 0.25) is 0 Å². The Hall–Kier alpha value is -0.650. The number of carbonyl (C=O) groups excluding carboxylic acids is 1. The highest BCUT2D eigenvalue weighted by molar-refractivity contribution is 5.79. The average molecular weight is 255 g/mol. The summed E-state index contributed by atoms with van der Waals surface area (Å²) in [6.45, 7) is 2.04. The molecule has 1 aliphatic carbocycles. The van der Waals surface area contributed by atoms with Crippen LogP contribution in [0.1, 0.15) is 32.1 Å². The van der Waals surface area contributed by atoms with E-state index in [0.29, 0.717) is 6.04 Å². The summed E-state index contributed by atoms with van der Waals surface area (Å²) >= 11 is 0. The molecule has 0 bridgehead atoms. The van der Waals surface area contributed by atoms with Crippen molar-refractivity contribution in [2.24, 2.45) is 11.7 Å². The second-order valence-electron chi connectivity index (χ2n) is 6.05. The highest BCUT2D eigenvalue weighted by atomic mass is 16.3. The molecule has 4 N–H and O–H groups in total. The lowest BCUT2D eigenvalue weighted by Gasteiger charge is -2.35. The van der Waals surface area contributed by atoms with Crippen LogP contribution < -0.4 is 11.1 Å². The molecule has 5 heteroatoms. The minimum atomic E-state index is -0.454. The highest BCUT2D eigenvalue weighted by Crippen LogP contribution is 2.30. The van der Waals surface area contributed by atoms with Crippen LogP contribution >= 0.6 is 0 Å².